The van der Waals surface area contributed by atoms with E-state index in [1.807, 2.05) is 30.3 Å². The first-order chi connectivity index (χ1) is 12.1. The van der Waals surface area contributed by atoms with Crippen molar-refractivity contribution in [3.8, 4) is 0 Å². The molecule has 3 aromatic rings. The van der Waals surface area contributed by atoms with Crippen LogP contribution in [0.15, 0.2) is 42.5 Å². The molecular weight excluding hydrogens is 336 g/mol. The third-order valence-corrected chi connectivity index (χ3v) is 4.96. The van der Waals surface area contributed by atoms with Crippen molar-refractivity contribution in [2.45, 2.75) is 13.5 Å². The molecule has 0 spiro atoms. The number of hydrogen-bond donors (Lipinski definition) is 1. The van der Waals surface area contributed by atoms with Crippen LogP contribution in [-0.4, -0.2) is 35.1 Å². The number of esters is 1. The standard InChI is InChI=1S/C19H20N2O3S/c1-3-21-16-7-5-4-6-14(16)15-10-13(8-9-17(15)21)20-18(22)11-25-12-19(23)24-2/h4-10H,3,11-12H2,1-2H3,(H,20,22). The molecule has 0 unspecified atom stereocenters. The number of fused-ring (bicyclic) bond motifs is 3. The fourth-order valence-electron chi connectivity index (χ4n) is 2.96. The second kappa shape index (κ2) is 7.61. The van der Waals surface area contributed by atoms with Crippen molar-refractivity contribution in [2.75, 3.05) is 23.9 Å². The highest BCUT2D eigenvalue weighted by Crippen LogP contribution is 2.30. The van der Waals surface area contributed by atoms with Gasteiger partial charge in [0.15, 0.2) is 0 Å². The SMILES string of the molecule is CCn1c2ccccc2c2cc(NC(=O)CSCC(=O)OC)ccc21. The van der Waals surface area contributed by atoms with Crippen LogP contribution in [0.5, 0.6) is 0 Å². The molecule has 0 saturated heterocycles. The van der Waals surface area contributed by atoms with E-state index in [0.717, 1.165) is 23.1 Å². The molecule has 0 fully saturated rings. The summed E-state index contributed by atoms with van der Waals surface area (Å²) in [5.74, 6) is -0.0735. The van der Waals surface area contributed by atoms with Crippen LogP contribution >= 0.6 is 11.8 Å². The first kappa shape index (κ1) is 17.4. The third-order valence-electron chi connectivity index (χ3n) is 4.05. The van der Waals surface area contributed by atoms with E-state index in [4.69, 9.17) is 0 Å². The fraction of sp³-hybridized carbons (Fsp3) is 0.263. The molecule has 0 saturated carbocycles. The molecule has 0 bridgehead atoms. The zero-order valence-electron chi connectivity index (χ0n) is 14.2. The number of ether oxygens (including phenoxy) is 1. The number of hydrogen-bond acceptors (Lipinski definition) is 4. The van der Waals surface area contributed by atoms with Crippen molar-refractivity contribution in [2.24, 2.45) is 0 Å². The fourth-order valence-corrected chi connectivity index (χ4v) is 3.60. The van der Waals surface area contributed by atoms with Gasteiger partial charge in [-0.1, -0.05) is 18.2 Å². The summed E-state index contributed by atoms with van der Waals surface area (Å²) in [5.41, 5.74) is 3.11. The molecule has 0 aliphatic rings. The Morgan fingerprint density at radius 3 is 2.60 bits per heavy atom. The number of carbonyl (C=O) groups excluding carboxylic acids is 2. The normalized spacial score (nSPS) is 11.0. The van der Waals surface area contributed by atoms with Gasteiger partial charge in [-0.3, -0.25) is 9.59 Å². The Morgan fingerprint density at radius 2 is 1.84 bits per heavy atom. The van der Waals surface area contributed by atoms with Gasteiger partial charge in [0.2, 0.25) is 5.91 Å². The molecule has 1 N–H and O–H groups in total. The van der Waals surface area contributed by atoms with E-state index in [1.54, 1.807) is 0 Å². The number of amides is 1. The Bertz CT molecular complexity index is 933. The lowest BCUT2D eigenvalue weighted by Gasteiger charge is -2.06. The van der Waals surface area contributed by atoms with Gasteiger partial charge < -0.3 is 14.6 Å². The Labute approximate surface area is 150 Å². The minimum atomic E-state index is -0.327. The molecule has 0 aliphatic carbocycles. The van der Waals surface area contributed by atoms with Gasteiger partial charge in [-0.25, -0.2) is 0 Å². The van der Waals surface area contributed by atoms with Crippen molar-refractivity contribution < 1.29 is 14.3 Å². The molecule has 1 amide bonds. The maximum Gasteiger partial charge on any atom is 0.315 e. The van der Waals surface area contributed by atoms with Gasteiger partial charge in [0.05, 0.1) is 18.6 Å². The van der Waals surface area contributed by atoms with E-state index in [-0.39, 0.29) is 23.4 Å². The third kappa shape index (κ3) is 3.64. The van der Waals surface area contributed by atoms with E-state index < -0.39 is 0 Å². The Kier molecular flexibility index (Phi) is 5.28. The van der Waals surface area contributed by atoms with E-state index >= 15 is 0 Å². The quantitative estimate of drug-likeness (QED) is 0.685. The summed E-state index contributed by atoms with van der Waals surface area (Å²) >= 11 is 1.24. The van der Waals surface area contributed by atoms with Gasteiger partial charge in [-0.2, -0.15) is 0 Å². The number of rotatable bonds is 6. The van der Waals surface area contributed by atoms with Crippen molar-refractivity contribution in [1.82, 2.24) is 4.57 Å². The van der Waals surface area contributed by atoms with Crippen LogP contribution < -0.4 is 5.32 Å². The second-order valence-corrected chi connectivity index (χ2v) is 6.60. The van der Waals surface area contributed by atoms with Crippen LogP contribution in [0, 0.1) is 0 Å². The zero-order valence-corrected chi connectivity index (χ0v) is 15.1. The van der Waals surface area contributed by atoms with Crippen LogP contribution in [-0.2, 0) is 20.9 Å². The van der Waals surface area contributed by atoms with E-state index in [9.17, 15) is 9.59 Å². The van der Waals surface area contributed by atoms with Crippen LogP contribution in [0.4, 0.5) is 5.69 Å². The summed E-state index contributed by atoms with van der Waals surface area (Å²) in [7, 11) is 1.34. The number of benzene rings is 2. The van der Waals surface area contributed by atoms with Crippen LogP contribution in [0.3, 0.4) is 0 Å². The van der Waals surface area contributed by atoms with Gasteiger partial charge in [0.25, 0.3) is 0 Å². The molecule has 2 aromatic carbocycles. The van der Waals surface area contributed by atoms with Gasteiger partial charge >= 0.3 is 5.97 Å². The molecule has 1 heterocycles. The predicted molar refractivity (Wildman–Crippen MR) is 103 cm³/mol. The van der Waals surface area contributed by atoms with Crippen molar-refractivity contribution >= 4 is 51.1 Å². The number of nitrogens with one attached hydrogen (secondary N) is 1. The number of carbonyl (C=O) groups is 2. The molecule has 6 heteroatoms. The molecule has 1 aromatic heterocycles. The van der Waals surface area contributed by atoms with E-state index in [2.05, 4.69) is 33.7 Å². The summed E-state index contributed by atoms with van der Waals surface area (Å²) < 4.78 is 6.82. The van der Waals surface area contributed by atoms with E-state index in [0.29, 0.717) is 0 Å². The van der Waals surface area contributed by atoms with Crippen LogP contribution in [0.2, 0.25) is 0 Å². The molecule has 0 radical (unpaired) electrons. The molecule has 25 heavy (non-hydrogen) atoms. The van der Waals surface area contributed by atoms with Gasteiger partial charge in [-0.05, 0) is 31.2 Å². The van der Waals surface area contributed by atoms with E-state index in [1.165, 1.54) is 29.8 Å². The highest BCUT2D eigenvalue weighted by atomic mass is 32.2. The number of para-hydroxylation sites is 1. The second-order valence-electron chi connectivity index (χ2n) is 5.61. The Hall–Kier alpha value is -2.47. The lowest BCUT2D eigenvalue weighted by molar-refractivity contribution is -0.137. The maximum atomic E-state index is 12.1. The van der Waals surface area contributed by atoms with Gasteiger partial charge in [0.1, 0.15) is 0 Å². The lowest BCUT2D eigenvalue weighted by atomic mass is 10.1. The molecular formula is C19H20N2O3S. The largest absolute Gasteiger partial charge is 0.468 e. The maximum absolute atomic E-state index is 12.1. The lowest BCUT2D eigenvalue weighted by Crippen LogP contribution is -2.15. The summed E-state index contributed by atoms with van der Waals surface area (Å²) in [6.45, 7) is 3.01. The number of aryl methyl sites for hydroxylation is 1. The van der Waals surface area contributed by atoms with Crippen LogP contribution in [0.1, 0.15) is 6.92 Å². The summed E-state index contributed by atoms with van der Waals surface area (Å²) in [5, 5.41) is 5.20. The zero-order chi connectivity index (χ0) is 17.8. The number of nitrogens with zero attached hydrogens (tertiary/aromatic N) is 1. The average Bonchev–Trinajstić information content (AvgIpc) is 2.94. The summed E-state index contributed by atoms with van der Waals surface area (Å²) in [4.78, 5) is 23.1. The highest BCUT2D eigenvalue weighted by molar-refractivity contribution is 8.00. The van der Waals surface area contributed by atoms with Crippen molar-refractivity contribution in [3.05, 3.63) is 42.5 Å². The molecule has 130 valence electrons. The number of aromatic nitrogens is 1. The number of thioether (sulfide) groups is 1. The van der Waals surface area contributed by atoms with Crippen molar-refractivity contribution in [3.63, 3.8) is 0 Å². The number of methoxy groups -OCH3 is 1. The first-order valence-corrected chi connectivity index (χ1v) is 9.25. The van der Waals surface area contributed by atoms with Gasteiger partial charge in [-0.15, -0.1) is 11.8 Å². The van der Waals surface area contributed by atoms with Crippen LogP contribution in [0.25, 0.3) is 21.8 Å². The number of anilines is 1. The first-order valence-electron chi connectivity index (χ1n) is 8.09. The monoisotopic (exact) mass is 356 g/mol. The molecule has 0 atom stereocenters. The molecule has 5 nitrogen and oxygen atoms in total. The predicted octanol–water partition coefficient (Wildman–Crippen LogP) is 3.66. The Morgan fingerprint density at radius 1 is 1.08 bits per heavy atom. The smallest absolute Gasteiger partial charge is 0.315 e. The minimum absolute atomic E-state index is 0.132. The molecule has 0 aliphatic heterocycles. The average molecular weight is 356 g/mol. The topological polar surface area (TPSA) is 60.3 Å². The highest BCUT2D eigenvalue weighted by Gasteiger charge is 2.11. The Balaban J connectivity index is 1.80. The minimum Gasteiger partial charge on any atom is -0.468 e. The molecule has 3 rings (SSSR count). The van der Waals surface area contributed by atoms with Gasteiger partial charge in [0, 0.05) is 34.0 Å². The summed E-state index contributed by atoms with van der Waals surface area (Å²) in [6.07, 6.45) is 0. The summed E-state index contributed by atoms with van der Waals surface area (Å²) in [6, 6.07) is 14.2. The van der Waals surface area contributed by atoms with Crippen molar-refractivity contribution in [1.29, 1.82) is 0 Å².